The average Bonchev–Trinajstić information content (AvgIpc) is 2.65. The number of anilines is 1. The summed E-state index contributed by atoms with van der Waals surface area (Å²) in [5, 5.41) is 6.25. The largest absolute Gasteiger partial charge is 0.365 e. The number of H-pyrrole nitrogens is 1. The van der Waals surface area contributed by atoms with Gasteiger partial charge in [-0.05, 0) is 43.5 Å². The molecule has 142 valence electrons. The van der Waals surface area contributed by atoms with Crippen LogP contribution in [0.5, 0.6) is 0 Å². The first-order valence-electron chi connectivity index (χ1n) is 9.32. The zero-order valence-electron chi connectivity index (χ0n) is 15.5. The van der Waals surface area contributed by atoms with Crippen LogP contribution in [0.2, 0.25) is 0 Å². The molecule has 1 aliphatic rings. The van der Waals surface area contributed by atoms with E-state index in [1.807, 2.05) is 37.1 Å². The fourth-order valence-electron chi connectivity index (χ4n) is 3.78. The number of benzene rings is 1. The predicted octanol–water partition coefficient (Wildman–Crippen LogP) is 4.69. The van der Waals surface area contributed by atoms with Crippen molar-refractivity contribution in [2.24, 2.45) is 0 Å². The van der Waals surface area contributed by atoms with E-state index in [0.29, 0.717) is 11.4 Å². The van der Waals surface area contributed by atoms with E-state index in [2.05, 4.69) is 37.5 Å². The van der Waals surface area contributed by atoms with Gasteiger partial charge in [0, 0.05) is 46.3 Å². The van der Waals surface area contributed by atoms with Gasteiger partial charge < -0.3 is 10.3 Å². The number of aromatic nitrogens is 2. The molecule has 3 aromatic rings. The average molecular weight is 447 g/mol. The molecule has 27 heavy (non-hydrogen) atoms. The Labute approximate surface area is 171 Å². The Morgan fingerprint density at radius 2 is 2.26 bits per heavy atom. The number of piperidine rings is 1. The molecular formula is C20H23BrN4OS. The first-order valence-corrected chi connectivity index (χ1v) is 11.1. The third-order valence-electron chi connectivity index (χ3n) is 5.02. The molecule has 1 fully saturated rings. The molecule has 0 saturated carbocycles. The zero-order valence-corrected chi connectivity index (χ0v) is 17.9. The van der Waals surface area contributed by atoms with Gasteiger partial charge >= 0.3 is 0 Å². The molecule has 0 radical (unpaired) electrons. The molecule has 0 spiro atoms. The van der Waals surface area contributed by atoms with Gasteiger partial charge in [-0.1, -0.05) is 34.8 Å². The normalized spacial score (nSPS) is 18.3. The Balaban J connectivity index is 1.82. The number of rotatable bonds is 4. The summed E-state index contributed by atoms with van der Waals surface area (Å²) in [5.74, 6) is 1.96. The second-order valence-electron chi connectivity index (χ2n) is 6.96. The third kappa shape index (κ3) is 3.73. The number of nitrogens with one attached hydrogen (secondary N) is 2. The smallest absolute Gasteiger partial charge is 0.258 e. The van der Waals surface area contributed by atoms with E-state index in [9.17, 15) is 4.79 Å². The van der Waals surface area contributed by atoms with E-state index < -0.39 is 0 Å². The number of halogens is 1. The van der Waals surface area contributed by atoms with E-state index >= 15 is 0 Å². The topological polar surface area (TPSA) is 61.0 Å². The predicted molar refractivity (Wildman–Crippen MR) is 119 cm³/mol. The monoisotopic (exact) mass is 446 g/mol. The lowest BCUT2D eigenvalue weighted by atomic mass is 10.0. The van der Waals surface area contributed by atoms with Crippen molar-refractivity contribution in [2.45, 2.75) is 32.7 Å². The van der Waals surface area contributed by atoms with Crippen molar-refractivity contribution in [3.05, 3.63) is 44.8 Å². The molecule has 1 saturated heterocycles. The van der Waals surface area contributed by atoms with Crippen LogP contribution < -0.4 is 10.9 Å². The molecule has 3 heterocycles. The number of nitrogens with zero attached hydrogens (tertiary/aromatic N) is 2. The number of pyridine rings is 2. The molecule has 1 atom stereocenters. The van der Waals surface area contributed by atoms with E-state index in [1.165, 1.54) is 6.42 Å². The van der Waals surface area contributed by atoms with Crippen molar-refractivity contribution >= 4 is 55.4 Å². The summed E-state index contributed by atoms with van der Waals surface area (Å²) in [6.07, 6.45) is 4.05. The number of hydrogen-bond acceptors (Lipinski definition) is 5. The fourth-order valence-corrected chi connectivity index (χ4v) is 5.05. The van der Waals surface area contributed by atoms with Gasteiger partial charge in [0.1, 0.15) is 5.82 Å². The van der Waals surface area contributed by atoms with Gasteiger partial charge in [-0.15, -0.1) is 0 Å². The highest BCUT2D eigenvalue weighted by atomic mass is 79.9. The maximum atomic E-state index is 12.5. The molecule has 2 aromatic heterocycles. The summed E-state index contributed by atoms with van der Waals surface area (Å²) in [6, 6.07) is 6.42. The van der Waals surface area contributed by atoms with Gasteiger partial charge in [-0.2, -0.15) is 0 Å². The van der Waals surface area contributed by atoms with Crippen LogP contribution in [0.25, 0.3) is 21.7 Å². The summed E-state index contributed by atoms with van der Waals surface area (Å²) >= 11 is 5.45. The SMILES string of the molecule is CCSN1CCCC(Nc2nc3c(C)c[nH]c(=O)c3c3cc(Br)ccc23)C1. The number of aryl methyl sites for hydroxylation is 1. The molecule has 0 amide bonds. The quantitative estimate of drug-likeness (QED) is 0.449. The fraction of sp³-hybridized carbons (Fsp3) is 0.400. The zero-order chi connectivity index (χ0) is 19.0. The minimum Gasteiger partial charge on any atom is -0.365 e. The highest BCUT2D eigenvalue weighted by molar-refractivity contribution is 9.10. The van der Waals surface area contributed by atoms with E-state index in [1.54, 1.807) is 6.20 Å². The lowest BCUT2D eigenvalue weighted by molar-refractivity contribution is 0.356. The van der Waals surface area contributed by atoms with Crippen molar-refractivity contribution < 1.29 is 0 Å². The van der Waals surface area contributed by atoms with Crippen molar-refractivity contribution in [2.75, 3.05) is 24.2 Å². The first-order chi connectivity index (χ1) is 13.1. The molecule has 0 aliphatic carbocycles. The second-order valence-corrected chi connectivity index (χ2v) is 9.23. The molecule has 1 aliphatic heterocycles. The summed E-state index contributed by atoms with van der Waals surface area (Å²) in [6.45, 7) is 6.33. The van der Waals surface area contributed by atoms with Gasteiger partial charge in [-0.25, -0.2) is 9.29 Å². The van der Waals surface area contributed by atoms with Crippen LogP contribution >= 0.6 is 27.9 Å². The van der Waals surface area contributed by atoms with Gasteiger partial charge in [0.05, 0.1) is 10.9 Å². The molecule has 4 rings (SSSR count). The van der Waals surface area contributed by atoms with Gasteiger partial charge in [0.15, 0.2) is 0 Å². The standard InChI is InChI=1S/C20H23BrN4OS/c1-3-27-25-8-4-5-14(11-25)23-19-15-7-6-13(21)9-16(15)17-18(24-19)12(2)10-22-20(17)26/h6-7,9-10,14H,3-5,8,11H2,1-2H3,(H,22,26)(H,23,24). The first kappa shape index (κ1) is 18.8. The van der Waals surface area contributed by atoms with Gasteiger partial charge in [-0.3, -0.25) is 4.79 Å². The van der Waals surface area contributed by atoms with Crippen molar-refractivity contribution in [3.8, 4) is 0 Å². The van der Waals surface area contributed by atoms with Gasteiger partial charge in [0.25, 0.3) is 5.56 Å². The molecule has 2 N–H and O–H groups in total. The maximum Gasteiger partial charge on any atom is 0.258 e. The highest BCUT2D eigenvalue weighted by Crippen LogP contribution is 2.32. The van der Waals surface area contributed by atoms with Crippen LogP contribution in [0, 0.1) is 6.92 Å². The molecular weight excluding hydrogens is 424 g/mol. The number of aromatic amines is 1. The summed E-state index contributed by atoms with van der Waals surface area (Å²) in [7, 11) is 0. The van der Waals surface area contributed by atoms with Crippen molar-refractivity contribution in [3.63, 3.8) is 0 Å². The van der Waals surface area contributed by atoms with E-state index in [-0.39, 0.29) is 5.56 Å². The molecule has 1 aromatic carbocycles. The molecule has 7 heteroatoms. The van der Waals surface area contributed by atoms with Crippen LogP contribution in [-0.2, 0) is 0 Å². The molecule has 1 unspecified atom stereocenters. The number of hydrogen-bond donors (Lipinski definition) is 2. The summed E-state index contributed by atoms with van der Waals surface area (Å²) in [4.78, 5) is 20.3. The second kappa shape index (κ2) is 7.81. The molecule has 0 bridgehead atoms. The van der Waals surface area contributed by atoms with Crippen LogP contribution in [0.4, 0.5) is 5.82 Å². The Hall–Kier alpha value is -1.57. The van der Waals surface area contributed by atoms with Crippen LogP contribution in [0.15, 0.2) is 33.7 Å². The summed E-state index contributed by atoms with van der Waals surface area (Å²) < 4.78 is 3.40. The summed E-state index contributed by atoms with van der Waals surface area (Å²) in [5.41, 5.74) is 1.64. The third-order valence-corrected chi connectivity index (χ3v) is 6.47. The number of fused-ring (bicyclic) bond motifs is 3. The van der Waals surface area contributed by atoms with Crippen molar-refractivity contribution in [1.29, 1.82) is 0 Å². The van der Waals surface area contributed by atoms with E-state index in [4.69, 9.17) is 4.98 Å². The lowest BCUT2D eigenvalue weighted by Crippen LogP contribution is -2.38. The van der Waals surface area contributed by atoms with Crippen molar-refractivity contribution in [1.82, 2.24) is 14.3 Å². The maximum absolute atomic E-state index is 12.5. The van der Waals surface area contributed by atoms with Crippen LogP contribution in [0.1, 0.15) is 25.3 Å². The Kier molecular flexibility index (Phi) is 5.43. The van der Waals surface area contributed by atoms with Crippen LogP contribution in [-0.4, -0.2) is 39.2 Å². The lowest BCUT2D eigenvalue weighted by Gasteiger charge is -2.32. The minimum atomic E-state index is -0.0964. The van der Waals surface area contributed by atoms with E-state index in [0.717, 1.165) is 57.4 Å². The van der Waals surface area contributed by atoms with Crippen LogP contribution in [0.3, 0.4) is 0 Å². The Morgan fingerprint density at radius 3 is 3.07 bits per heavy atom. The Bertz CT molecular complexity index is 1050. The van der Waals surface area contributed by atoms with Gasteiger partial charge in [0.2, 0.25) is 0 Å². The Morgan fingerprint density at radius 1 is 1.41 bits per heavy atom. The highest BCUT2D eigenvalue weighted by Gasteiger charge is 2.22. The minimum absolute atomic E-state index is 0.0964. The molecule has 5 nitrogen and oxygen atoms in total.